The highest BCUT2D eigenvalue weighted by Gasteiger charge is 2.25. The van der Waals surface area contributed by atoms with E-state index in [1.165, 1.54) is 4.68 Å². The standard InChI is InChI=1S/C25H26ClN5O2/c1-6-21(24(32)27-20-13-18(26)10-9-15(20)3)31-25(33)23-22(16(4)28-31)17(5)30(29-23)19-11-7-14(2)8-12-19/h7-13,21H,6H2,1-5H3,(H,27,32)/t21-/m1/s1. The minimum atomic E-state index is -0.788. The van der Waals surface area contributed by atoms with Gasteiger partial charge >= 0.3 is 0 Å². The third-order valence-corrected chi connectivity index (χ3v) is 6.10. The second-order valence-corrected chi connectivity index (χ2v) is 8.70. The lowest BCUT2D eigenvalue weighted by Gasteiger charge is -2.18. The average Bonchev–Trinajstić information content (AvgIpc) is 3.13. The number of carbonyl (C=O) groups excluding carboxylic acids is 1. The van der Waals surface area contributed by atoms with Gasteiger partial charge in [0, 0.05) is 10.7 Å². The van der Waals surface area contributed by atoms with Crippen molar-refractivity contribution >= 4 is 34.1 Å². The quantitative estimate of drug-likeness (QED) is 0.448. The van der Waals surface area contributed by atoms with Gasteiger partial charge in [-0.15, -0.1) is 0 Å². The molecular weight excluding hydrogens is 438 g/mol. The van der Waals surface area contributed by atoms with E-state index in [1.807, 2.05) is 65.0 Å². The predicted molar refractivity (Wildman–Crippen MR) is 131 cm³/mol. The molecule has 2 aromatic carbocycles. The van der Waals surface area contributed by atoms with Gasteiger partial charge in [0.05, 0.1) is 22.5 Å². The van der Waals surface area contributed by atoms with E-state index in [0.29, 0.717) is 33.7 Å². The lowest BCUT2D eigenvalue weighted by molar-refractivity contribution is -0.119. The first-order valence-corrected chi connectivity index (χ1v) is 11.2. The molecule has 4 rings (SSSR count). The number of fused-ring (bicyclic) bond motifs is 1. The van der Waals surface area contributed by atoms with Crippen molar-refractivity contribution in [3.8, 4) is 5.69 Å². The molecule has 0 bridgehead atoms. The Morgan fingerprint density at radius 2 is 1.76 bits per heavy atom. The van der Waals surface area contributed by atoms with Crippen LogP contribution in [0, 0.1) is 27.7 Å². The van der Waals surface area contributed by atoms with Crippen LogP contribution in [-0.4, -0.2) is 25.5 Å². The van der Waals surface area contributed by atoms with Gasteiger partial charge in [0.15, 0.2) is 5.52 Å². The number of aromatic nitrogens is 4. The summed E-state index contributed by atoms with van der Waals surface area (Å²) in [6.07, 6.45) is 0.390. The molecule has 170 valence electrons. The molecule has 8 heteroatoms. The molecule has 2 aromatic heterocycles. The average molecular weight is 464 g/mol. The van der Waals surface area contributed by atoms with Crippen molar-refractivity contribution in [2.24, 2.45) is 0 Å². The molecule has 0 radical (unpaired) electrons. The number of carbonyl (C=O) groups is 1. The van der Waals surface area contributed by atoms with Crippen LogP contribution in [0.2, 0.25) is 5.02 Å². The number of hydrogen-bond donors (Lipinski definition) is 1. The summed E-state index contributed by atoms with van der Waals surface area (Å²) in [7, 11) is 0. The van der Waals surface area contributed by atoms with E-state index in [4.69, 9.17) is 11.6 Å². The van der Waals surface area contributed by atoms with Crippen LogP contribution in [0.3, 0.4) is 0 Å². The first-order chi connectivity index (χ1) is 15.7. The van der Waals surface area contributed by atoms with Gasteiger partial charge in [0.2, 0.25) is 5.91 Å². The van der Waals surface area contributed by atoms with E-state index in [2.05, 4.69) is 15.5 Å². The molecule has 4 aromatic rings. The Labute approximate surface area is 197 Å². The maximum Gasteiger partial charge on any atom is 0.295 e. The summed E-state index contributed by atoms with van der Waals surface area (Å²) in [5.41, 5.74) is 4.86. The normalized spacial score (nSPS) is 12.2. The van der Waals surface area contributed by atoms with Gasteiger partial charge in [-0.2, -0.15) is 10.2 Å². The van der Waals surface area contributed by atoms with Crippen LogP contribution in [0.25, 0.3) is 16.6 Å². The van der Waals surface area contributed by atoms with Crippen LogP contribution in [0.15, 0.2) is 47.3 Å². The van der Waals surface area contributed by atoms with Crippen LogP contribution in [0.4, 0.5) is 5.69 Å². The Morgan fingerprint density at radius 1 is 1.06 bits per heavy atom. The molecule has 0 aliphatic heterocycles. The number of halogens is 1. The molecular formula is C25H26ClN5O2. The molecule has 0 saturated carbocycles. The van der Waals surface area contributed by atoms with Crippen molar-refractivity contribution in [1.82, 2.24) is 19.6 Å². The number of nitrogens with zero attached hydrogens (tertiary/aromatic N) is 4. The van der Waals surface area contributed by atoms with E-state index in [-0.39, 0.29) is 5.91 Å². The Morgan fingerprint density at radius 3 is 2.42 bits per heavy atom. The molecule has 0 saturated heterocycles. The fraction of sp³-hybridized carbons (Fsp3) is 0.280. The van der Waals surface area contributed by atoms with Crippen LogP contribution in [0.1, 0.15) is 41.9 Å². The van der Waals surface area contributed by atoms with Gasteiger partial charge in [-0.1, -0.05) is 42.3 Å². The first-order valence-electron chi connectivity index (χ1n) is 10.8. The lowest BCUT2D eigenvalue weighted by Crippen LogP contribution is -2.35. The van der Waals surface area contributed by atoms with Crippen LogP contribution in [0.5, 0.6) is 0 Å². The molecule has 0 fully saturated rings. The number of hydrogen-bond acceptors (Lipinski definition) is 4. The van der Waals surface area contributed by atoms with Crippen LogP contribution >= 0.6 is 11.6 Å². The molecule has 33 heavy (non-hydrogen) atoms. The van der Waals surface area contributed by atoms with Crippen LogP contribution < -0.4 is 10.9 Å². The molecule has 7 nitrogen and oxygen atoms in total. The Hall–Kier alpha value is -3.45. The number of aryl methyl sites for hydroxylation is 4. The lowest BCUT2D eigenvalue weighted by atomic mass is 10.1. The van der Waals surface area contributed by atoms with Gasteiger partial charge in [0.25, 0.3) is 5.56 Å². The van der Waals surface area contributed by atoms with Gasteiger partial charge in [0.1, 0.15) is 6.04 Å². The first kappa shape index (κ1) is 22.7. The fourth-order valence-corrected chi connectivity index (χ4v) is 4.19. The van der Waals surface area contributed by atoms with Crippen molar-refractivity contribution in [1.29, 1.82) is 0 Å². The molecule has 1 atom stereocenters. The summed E-state index contributed by atoms with van der Waals surface area (Å²) in [4.78, 5) is 26.6. The maximum atomic E-state index is 13.4. The smallest absolute Gasteiger partial charge is 0.295 e. The van der Waals surface area contributed by atoms with Crippen molar-refractivity contribution in [3.05, 3.63) is 80.4 Å². The minimum Gasteiger partial charge on any atom is -0.324 e. The van der Waals surface area contributed by atoms with E-state index in [9.17, 15) is 9.59 Å². The Balaban J connectivity index is 1.79. The fourth-order valence-electron chi connectivity index (χ4n) is 4.01. The summed E-state index contributed by atoms with van der Waals surface area (Å²) >= 11 is 6.09. The number of benzene rings is 2. The van der Waals surface area contributed by atoms with Crippen molar-refractivity contribution in [2.75, 3.05) is 5.32 Å². The second kappa shape index (κ2) is 8.83. The van der Waals surface area contributed by atoms with E-state index >= 15 is 0 Å². The Bertz CT molecular complexity index is 1420. The number of rotatable bonds is 5. The molecule has 0 unspecified atom stereocenters. The molecule has 0 aliphatic rings. The van der Waals surface area contributed by atoms with Gasteiger partial charge in [-0.25, -0.2) is 9.36 Å². The summed E-state index contributed by atoms with van der Waals surface area (Å²) in [5.74, 6) is -0.328. The van der Waals surface area contributed by atoms with Gasteiger partial charge in [-0.05, 0) is 63.9 Å². The maximum absolute atomic E-state index is 13.4. The number of nitrogens with one attached hydrogen (secondary N) is 1. The Kier molecular flexibility index (Phi) is 6.08. The summed E-state index contributed by atoms with van der Waals surface area (Å²) in [6, 6.07) is 12.4. The zero-order valence-electron chi connectivity index (χ0n) is 19.3. The van der Waals surface area contributed by atoms with E-state index in [0.717, 1.165) is 22.5 Å². The number of amides is 1. The monoisotopic (exact) mass is 463 g/mol. The molecule has 0 aliphatic carbocycles. The van der Waals surface area contributed by atoms with Crippen molar-refractivity contribution in [3.63, 3.8) is 0 Å². The number of anilines is 1. The predicted octanol–water partition coefficient (Wildman–Crippen LogP) is 5.06. The molecule has 1 N–H and O–H groups in total. The summed E-state index contributed by atoms with van der Waals surface area (Å²) in [6.45, 7) is 9.49. The molecule has 0 spiro atoms. The van der Waals surface area contributed by atoms with Crippen LogP contribution in [-0.2, 0) is 4.79 Å². The highest BCUT2D eigenvalue weighted by Crippen LogP contribution is 2.24. The second-order valence-electron chi connectivity index (χ2n) is 8.26. The summed E-state index contributed by atoms with van der Waals surface area (Å²) in [5, 5.41) is 13.3. The topological polar surface area (TPSA) is 81.8 Å². The van der Waals surface area contributed by atoms with E-state index < -0.39 is 11.6 Å². The van der Waals surface area contributed by atoms with E-state index in [1.54, 1.807) is 16.8 Å². The van der Waals surface area contributed by atoms with Gasteiger partial charge < -0.3 is 5.32 Å². The zero-order valence-corrected chi connectivity index (χ0v) is 20.1. The zero-order chi connectivity index (χ0) is 23.9. The minimum absolute atomic E-state index is 0.297. The van der Waals surface area contributed by atoms with Crippen molar-refractivity contribution in [2.45, 2.75) is 47.1 Å². The molecule has 2 heterocycles. The third-order valence-electron chi connectivity index (χ3n) is 5.87. The third kappa shape index (κ3) is 4.16. The highest BCUT2D eigenvalue weighted by molar-refractivity contribution is 6.31. The largest absolute Gasteiger partial charge is 0.324 e. The van der Waals surface area contributed by atoms with Crippen molar-refractivity contribution < 1.29 is 4.79 Å². The summed E-state index contributed by atoms with van der Waals surface area (Å²) < 4.78 is 3.00. The molecule has 1 amide bonds. The SMILES string of the molecule is CC[C@H](C(=O)Nc1cc(Cl)ccc1C)n1nc(C)c2c(C)n(-c3ccc(C)cc3)nc2c1=O. The van der Waals surface area contributed by atoms with Gasteiger partial charge in [-0.3, -0.25) is 9.59 Å². The highest BCUT2D eigenvalue weighted by atomic mass is 35.5.